The molecule has 2 heterocycles. The summed E-state index contributed by atoms with van der Waals surface area (Å²) in [5.74, 6) is 0.633. The van der Waals surface area contributed by atoms with Crippen LogP contribution in [-0.4, -0.2) is 30.0 Å². The smallest absolute Gasteiger partial charge is 0.251 e. The molecule has 3 rings (SSSR count). The Labute approximate surface area is 160 Å². The van der Waals surface area contributed by atoms with Crippen molar-refractivity contribution in [3.63, 3.8) is 0 Å². The topological polar surface area (TPSA) is 63.2 Å². The normalized spacial score (nSPS) is 16.1. The van der Waals surface area contributed by atoms with Gasteiger partial charge in [0.25, 0.3) is 5.91 Å². The molecule has 0 radical (unpaired) electrons. The van der Waals surface area contributed by atoms with Crippen LogP contribution < -0.4 is 15.4 Å². The van der Waals surface area contributed by atoms with Crippen molar-refractivity contribution in [2.75, 3.05) is 13.1 Å². The van der Waals surface area contributed by atoms with Crippen LogP contribution in [0.3, 0.4) is 0 Å². The molecule has 1 aliphatic rings. The third-order valence-corrected chi connectivity index (χ3v) is 3.86. The predicted molar refractivity (Wildman–Crippen MR) is 103 cm³/mol. The maximum Gasteiger partial charge on any atom is 0.251 e. The van der Waals surface area contributed by atoms with Gasteiger partial charge in [-0.05, 0) is 43.7 Å². The average molecular weight is 384 g/mol. The Morgan fingerprint density at radius 1 is 1.28 bits per heavy atom. The molecule has 1 fully saturated rings. The molecule has 7 heteroatoms. The lowest BCUT2D eigenvalue weighted by Crippen LogP contribution is -2.45. The SMILES string of the molecule is Cl.Cl.O=C(NC1CCCNC1)c1cccc(OCc2cccnc2)c1. The van der Waals surface area contributed by atoms with Crippen molar-refractivity contribution in [3.05, 3.63) is 59.9 Å². The molecule has 1 aromatic heterocycles. The summed E-state index contributed by atoms with van der Waals surface area (Å²) >= 11 is 0. The molecule has 1 aromatic carbocycles. The van der Waals surface area contributed by atoms with Gasteiger partial charge in [0, 0.05) is 36.1 Å². The van der Waals surface area contributed by atoms with Gasteiger partial charge in [-0.25, -0.2) is 0 Å². The van der Waals surface area contributed by atoms with Crippen molar-refractivity contribution < 1.29 is 9.53 Å². The summed E-state index contributed by atoms with van der Waals surface area (Å²) in [7, 11) is 0. The first-order chi connectivity index (χ1) is 11.3. The van der Waals surface area contributed by atoms with Crippen LogP contribution >= 0.6 is 24.8 Å². The lowest BCUT2D eigenvalue weighted by atomic mass is 10.1. The molecule has 1 aliphatic heterocycles. The van der Waals surface area contributed by atoms with Crippen LogP contribution in [0.5, 0.6) is 5.75 Å². The Balaban J connectivity index is 0.00000156. The fraction of sp³-hybridized carbons (Fsp3) is 0.333. The summed E-state index contributed by atoms with van der Waals surface area (Å²) in [5.41, 5.74) is 1.62. The van der Waals surface area contributed by atoms with E-state index < -0.39 is 0 Å². The highest BCUT2D eigenvalue weighted by molar-refractivity contribution is 5.94. The molecule has 1 unspecified atom stereocenters. The number of piperidine rings is 1. The second kappa shape index (κ2) is 10.9. The van der Waals surface area contributed by atoms with Gasteiger partial charge in [0.2, 0.25) is 0 Å². The Bertz CT molecular complexity index is 650. The van der Waals surface area contributed by atoms with Crippen molar-refractivity contribution in [1.82, 2.24) is 15.6 Å². The van der Waals surface area contributed by atoms with Crippen LogP contribution in [0.25, 0.3) is 0 Å². The number of rotatable bonds is 5. The van der Waals surface area contributed by atoms with E-state index in [1.54, 1.807) is 18.5 Å². The van der Waals surface area contributed by atoms with Crippen LogP contribution in [0, 0.1) is 0 Å². The molecule has 0 saturated carbocycles. The Morgan fingerprint density at radius 3 is 2.88 bits per heavy atom. The zero-order valence-corrected chi connectivity index (χ0v) is 15.4. The molecule has 0 aliphatic carbocycles. The highest BCUT2D eigenvalue weighted by Gasteiger charge is 2.16. The Hall–Kier alpha value is -1.82. The number of ether oxygens (including phenoxy) is 1. The molecular formula is C18H23Cl2N3O2. The van der Waals surface area contributed by atoms with Crippen molar-refractivity contribution in [2.45, 2.75) is 25.5 Å². The third-order valence-electron chi connectivity index (χ3n) is 3.86. The van der Waals surface area contributed by atoms with E-state index in [1.165, 1.54) is 0 Å². The molecule has 2 N–H and O–H groups in total. The summed E-state index contributed by atoms with van der Waals surface area (Å²) in [6.07, 6.45) is 5.62. The van der Waals surface area contributed by atoms with Crippen LogP contribution in [0.1, 0.15) is 28.8 Å². The second-order valence-electron chi connectivity index (χ2n) is 5.69. The summed E-state index contributed by atoms with van der Waals surface area (Å²) in [4.78, 5) is 16.4. The molecule has 0 spiro atoms. The van der Waals surface area contributed by atoms with E-state index in [1.807, 2.05) is 30.3 Å². The van der Waals surface area contributed by atoms with E-state index in [0.29, 0.717) is 17.9 Å². The van der Waals surface area contributed by atoms with Crippen LogP contribution in [0.2, 0.25) is 0 Å². The number of carbonyl (C=O) groups is 1. The van der Waals surface area contributed by atoms with E-state index in [4.69, 9.17) is 4.74 Å². The summed E-state index contributed by atoms with van der Waals surface area (Å²) in [6, 6.07) is 11.3. The first kappa shape index (κ1) is 21.2. The van der Waals surface area contributed by atoms with Gasteiger partial charge in [-0.15, -0.1) is 24.8 Å². The second-order valence-corrected chi connectivity index (χ2v) is 5.69. The molecule has 2 aromatic rings. The highest BCUT2D eigenvalue weighted by atomic mass is 35.5. The molecule has 0 bridgehead atoms. The van der Waals surface area contributed by atoms with E-state index in [2.05, 4.69) is 15.6 Å². The van der Waals surface area contributed by atoms with Gasteiger partial charge in [0.05, 0.1) is 0 Å². The van der Waals surface area contributed by atoms with Gasteiger partial charge < -0.3 is 15.4 Å². The Morgan fingerprint density at radius 2 is 2.16 bits per heavy atom. The molecule has 136 valence electrons. The minimum absolute atomic E-state index is 0. The number of hydrogen-bond acceptors (Lipinski definition) is 4. The number of aromatic nitrogens is 1. The number of benzene rings is 1. The fourth-order valence-corrected chi connectivity index (χ4v) is 2.62. The summed E-state index contributed by atoms with van der Waals surface area (Å²) < 4.78 is 5.74. The molecule has 1 atom stereocenters. The quantitative estimate of drug-likeness (QED) is 0.832. The van der Waals surface area contributed by atoms with Gasteiger partial charge in [-0.2, -0.15) is 0 Å². The van der Waals surface area contributed by atoms with Gasteiger partial charge in [-0.3, -0.25) is 9.78 Å². The van der Waals surface area contributed by atoms with Gasteiger partial charge in [0.15, 0.2) is 0 Å². The van der Waals surface area contributed by atoms with Crippen molar-refractivity contribution >= 4 is 30.7 Å². The fourth-order valence-electron chi connectivity index (χ4n) is 2.62. The number of halogens is 2. The number of nitrogens with zero attached hydrogens (tertiary/aromatic N) is 1. The van der Waals surface area contributed by atoms with Crippen molar-refractivity contribution in [1.29, 1.82) is 0 Å². The van der Waals surface area contributed by atoms with Gasteiger partial charge in [0.1, 0.15) is 12.4 Å². The van der Waals surface area contributed by atoms with Gasteiger partial charge >= 0.3 is 0 Å². The molecule has 1 amide bonds. The zero-order chi connectivity index (χ0) is 15.9. The first-order valence-electron chi connectivity index (χ1n) is 7.94. The highest BCUT2D eigenvalue weighted by Crippen LogP contribution is 2.15. The van der Waals surface area contributed by atoms with Crippen LogP contribution in [0.4, 0.5) is 0 Å². The number of carbonyl (C=O) groups excluding carboxylic acids is 1. The van der Waals surface area contributed by atoms with Gasteiger partial charge in [-0.1, -0.05) is 12.1 Å². The van der Waals surface area contributed by atoms with E-state index in [0.717, 1.165) is 31.5 Å². The van der Waals surface area contributed by atoms with Crippen molar-refractivity contribution in [3.8, 4) is 5.75 Å². The minimum atomic E-state index is -0.0504. The van der Waals surface area contributed by atoms with E-state index in [9.17, 15) is 4.79 Å². The van der Waals surface area contributed by atoms with Crippen molar-refractivity contribution in [2.24, 2.45) is 0 Å². The lowest BCUT2D eigenvalue weighted by Gasteiger charge is -2.23. The predicted octanol–water partition coefficient (Wildman–Crippen LogP) is 2.99. The molecule has 1 saturated heterocycles. The number of nitrogens with one attached hydrogen (secondary N) is 2. The van der Waals surface area contributed by atoms with Crippen LogP contribution in [-0.2, 0) is 6.61 Å². The first-order valence-corrected chi connectivity index (χ1v) is 7.94. The minimum Gasteiger partial charge on any atom is -0.489 e. The lowest BCUT2D eigenvalue weighted by molar-refractivity contribution is 0.0930. The Kier molecular flexibility index (Phi) is 9.27. The third kappa shape index (κ3) is 6.53. The largest absolute Gasteiger partial charge is 0.489 e. The summed E-state index contributed by atoms with van der Waals surface area (Å²) in [6.45, 7) is 2.30. The molecule has 5 nitrogen and oxygen atoms in total. The standard InChI is InChI=1S/C18H21N3O2.2ClH/c22-18(21-16-6-3-9-20-12-16)15-5-1-7-17(10-15)23-13-14-4-2-8-19-11-14;;/h1-2,4-5,7-8,10-11,16,20H,3,6,9,12-13H2,(H,21,22);2*1H. The van der Waals surface area contributed by atoms with E-state index >= 15 is 0 Å². The number of hydrogen-bond donors (Lipinski definition) is 2. The maximum atomic E-state index is 12.3. The van der Waals surface area contributed by atoms with Crippen LogP contribution in [0.15, 0.2) is 48.8 Å². The van der Waals surface area contributed by atoms with E-state index in [-0.39, 0.29) is 36.8 Å². The zero-order valence-electron chi connectivity index (χ0n) is 13.8. The number of amides is 1. The maximum absolute atomic E-state index is 12.3. The number of pyridine rings is 1. The monoisotopic (exact) mass is 383 g/mol. The summed E-state index contributed by atoms with van der Waals surface area (Å²) in [5, 5.41) is 6.37. The molecule has 25 heavy (non-hydrogen) atoms. The average Bonchev–Trinajstić information content (AvgIpc) is 2.62. The molecular weight excluding hydrogens is 361 g/mol.